The third-order valence-electron chi connectivity index (χ3n) is 3.37. The minimum atomic E-state index is -4.85. The van der Waals surface area contributed by atoms with E-state index in [1.54, 1.807) is 12.1 Å². The molecule has 7 nitrogen and oxygen atoms in total. The highest BCUT2D eigenvalue weighted by Crippen LogP contribution is 2.30. The van der Waals surface area contributed by atoms with Gasteiger partial charge >= 0.3 is 6.36 Å². The van der Waals surface area contributed by atoms with Crippen molar-refractivity contribution in [2.24, 2.45) is 0 Å². The first-order chi connectivity index (χ1) is 12.7. The number of hydrogen-bond donors (Lipinski definition) is 2. The Morgan fingerprint density at radius 2 is 1.78 bits per heavy atom. The van der Waals surface area contributed by atoms with Crippen LogP contribution in [0.25, 0.3) is 0 Å². The predicted molar refractivity (Wildman–Crippen MR) is 92.6 cm³/mol. The number of rotatable bonds is 8. The molecular formula is C17H16F3N3O4. The number of nitro benzene ring substituents is 1. The van der Waals surface area contributed by atoms with Gasteiger partial charge in [0.2, 0.25) is 5.91 Å². The maximum Gasteiger partial charge on any atom is 0.573 e. The van der Waals surface area contributed by atoms with E-state index in [4.69, 9.17) is 0 Å². The molecule has 0 aliphatic carbocycles. The lowest BCUT2D eigenvalue weighted by Gasteiger charge is -2.14. The van der Waals surface area contributed by atoms with Gasteiger partial charge in [-0.3, -0.25) is 14.9 Å². The Morgan fingerprint density at radius 3 is 2.41 bits per heavy atom. The lowest BCUT2D eigenvalue weighted by Crippen LogP contribution is -2.19. The summed E-state index contributed by atoms with van der Waals surface area (Å²) in [6, 6.07) is 11.1. The minimum absolute atomic E-state index is 0.0281. The van der Waals surface area contributed by atoms with Gasteiger partial charge in [-0.1, -0.05) is 12.1 Å². The van der Waals surface area contributed by atoms with Gasteiger partial charge in [0.25, 0.3) is 5.69 Å². The van der Waals surface area contributed by atoms with Crippen molar-refractivity contribution in [1.82, 2.24) is 0 Å². The fourth-order valence-corrected chi connectivity index (χ4v) is 2.18. The molecule has 1 amide bonds. The highest BCUT2D eigenvalue weighted by atomic mass is 19.4. The first-order valence-electron chi connectivity index (χ1n) is 7.87. The van der Waals surface area contributed by atoms with Gasteiger partial charge in [-0.25, -0.2) is 0 Å². The lowest BCUT2D eigenvalue weighted by atomic mass is 10.2. The normalized spacial score (nSPS) is 10.9. The van der Waals surface area contributed by atoms with Crippen LogP contribution in [-0.4, -0.2) is 23.7 Å². The minimum Gasteiger partial charge on any atom is -0.404 e. The molecule has 0 heterocycles. The van der Waals surface area contributed by atoms with Crippen LogP contribution in [0.15, 0.2) is 48.5 Å². The first-order valence-corrected chi connectivity index (χ1v) is 7.87. The molecule has 0 fully saturated rings. The summed E-state index contributed by atoms with van der Waals surface area (Å²) >= 11 is 0. The fraction of sp³-hybridized carbons (Fsp3) is 0.235. The topological polar surface area (TPSA) is 93.5 Å². The molecule has 0 aromatic heterocycles. The van der Waals surface area contributed by atoms with Crippen LogP contribution in [0.2, 0.25) is 0 Å². The summed E-state index contributed by atoms with van der Waals surface area (Å²) in [4.78, 5) is 22.0. The van der Waals surface area contributed by atoms with Crippen LogP contribution in [0.3, 0.4) is 0 Å². The van der Waals surface area contributed by atoms with Gasteiger partial charge in [0, 0.05) is 30.8 Å². The zero-order valence-electron chi connectivity index (χ0n) is 14.0. The van der Waals surface area contributed by atoms with Crippen LogP contribution in [0.4, 0.5) is 30.2 Å². The molecule has 10 heteroatoms. The summed E-state index contributed by atoms with van der Waals surface area (Å²) < 4.78 is 40.9. The molecule has 0 aliphatic heterocycles. The second kappa shape index (κ2) is 8.88. The first kappa shape index (κ1) is 20.0. The van der Waals surface area contributed by atoms with Crippen molar-refractivity contribution < 1.29 is 27.6 Å². The van der Waals surface area contributed by atoms with Crippen LogP contribution in [-0.2, 0) is 4.79 Å². The van der Waals surface area contributed by atoms with E-state index in [2.05, 4.69) is 15.4 Å². The Bertz CT molecular complexity index is 795. The van der Waals surface area contributed by atoms with Gasteiger partial charge < -0.3 is 15.4 Å². The van der Waals surface area contributed by atoms with Gasteiger partial charge in [-0.05, 0) is 30.7 Å². The van der Waals surface area contributed by atoms with Crippen molar-refractivity contribution in [3.05, 3.63) is 58.6 Å². The van der Waals surface area contributed by atoms with Crippen LogP contribution < -0.4 is 15.4 Å². The molecule has 2 N–H and O–H groups in total. The molecule has 0 atom stereocenters. The number of nitro groups is 1. The Kier molecular flexibility index (Phi) is 6.58. The number of anilines is 2. The second-order valence-electron chi connectivity index (χ2n) is 5.43. The maximum absolute atomic E-state index is 12.4. The maximum atomic E-state index is 12.4. The van der Waals surface area contributed by atoms with Crippen LogP contribution in [0.1, 0.15) is 12.8 Å². The molecule has 2 rings (SSSR count). The molecule has 0 spiro atoms. The van der Waals surface area contributed by atoms with Crippen molar-refractivity contribution in [2.75, 3.05) is 17.2 Å². The molecule has 144 valence electrons. The molecule has 0 radical (unpaired) electrons. The third-order valence-corrected chi connectivity index (χ3v) is 3.37. The monoisotopic (exact) mass is 383 g/mol. The summed E-state index contributed by atoms with van der Waals surface area (Å²) in [5.74, 6) is -0.943. The molecule has 2 aromatic carbocycles. The van der Waals surface area contributed by atoms with E-state index < -0.39 is 22.9 Å². The molecule has 27 heavy (non-hydrogen) atoms. The summed E-state index contributed by atoms with van der Waals surface area (Å²) in [5.41, 5.74) is 0.563. The predicted octanol–water partition coefficient (Wildman–Crippen LogP) is 4.32. The number of halogens is 3. The van der Waals surface area contributed by atoms with E-state index in [0.29, 0.717) is 18.7 Å². The van der Waals surface area contributed by atoms with E-state index in [9.17, 15) is 28.1 Å². The number of nitrogens with one attached hydrogen (secondary N) is 2. The molecule has 0 aliphatic rings. The highest BCUT2D eigenvalue weighted by Gasteiger charge is 2.32. The van der Waals surface area contributed by atoms with Crippen LogP contribution in [0, 0.1) is 10.1 Å². The van der Waals surface area contributed by atoms with E-state index in [-0.39, 0.29) is 17.8 Å². The molecular weight excluding hydrogens is 367 g/mol. The van der Waals surface area contributed by atoms with Crippen LogP contribution >= 0.6 is 0 Å². The number of nitrogens with zero attached hydrogens (tertiary/aromatic N) is 1. The van der Waals surface area contributed by atoms with Crippen molar-refractivity contribution in [1.29, 1.82) is 0 Å². The van der Waals surface area contributed by atoms with Gasteiger partial charge in [0.15, 0.2) is 5.75 Å². The number of hydrogen-bond acceptors (Lipinski definition) is 5. The fourth-order valence-electron chi connectivity index (χ4n) is 2.18. The quantitative estimate of drug-likeness (QED) is 0.402. The largest absolute Gasteiger partial charge is 0.573 e. The van der Waals surface area contributed by atoms with E-state index in [1.165, 1.54) is 30.3 Å². The summed E-state index contributed by atoms with van der Waals surface area (Å²) in [6.45, 7) is 0.409. The number of amides is 1. The molecule has 0 unspecified atom stereocenters. The third kappa shape index (κ3) is 6.84. The van der Waals surface area contributed by atoms with Gasteiger partial charge in [0.05, 0.1) is 10.6 Å². The molecule has 0 bridgehead atoms. The Hall–Kier alpha value is -3.30. The summed E-state index contributed by atoms with van der Waals surface area (Å²) in [6.07, 6.45) is -4.37. The van der Waals surface area contributed by atoms with E-state index in [0.717, 1.165) is 6.07 Å². The number of alkyl halides is 3. The smallest absolute Gasteiger partial charge is 0.404 e. The lowest BCUT2D eigenvalue weighted by molar-refractivity contribution is -0.384. The van der Waals surface area contributed by atoms with Crippen molar-refractivity contribution in [3.63, 3.8) is 0 Å². The average molecular weight is 383 g/mol. The van der Waals surface area contributed by atoms with Gasteiger partial charge in [-0.2, -0.15) is 0 Å². The number of carbonyl (C=O) groups is 1. The zero-order valence-corrected chi connectivity index (χ0v) is 14.0. The SMILES string of the molecule is O=C(CCCNc1ccc([N+](=O)[O-])cc1)Nc1ccccc1OC(F)(F)F. The van der Waals surface area contributed by atoms with E-state index >= 15 is 0 Å². The Morgan fingerprint density at radius 1 is 1.11 bits per heavy atom. The Balaban J connectivity index is 1.79. The average Bonchev–Trinajstić information content (AvgIpc) is 2.59. The summed E-state index contributed by atoms with van der Waals surface area (Å²) in [5, 5.41) is 15.9. The van der Waals surface area contributed by atoms with Crippen molar-refractivity contribution in [2.45, 2.75) is 19.2 Å². The Labute approximate surface area is 152 Å². The highest BCUT2D eigenvalue weighted by molar-refractivity contribution is 5.92. The van der Waals surface area contributed by atoms with Gasteiger partial charge in [-0.15, -0.1) is 13.2 Å². The molecule has 0 saturated heterocycles. The molecule has 0 saturated carbocycles. The van der Waals surface area contributed by atoms with Crippen molar-refractivity contribution in [3.8, 4) is 5.75 Å². The van der Waals surface area contributed by atoms with Crippen LogP contribution in [0.5, 0.6) is 5.75 Å². The summed E-state index contributed by atoms with van der Waals surface area (Å²) in [7, 11) is 0. The van der Waals surface area contributed by atoms with E-state index in [1.807, 2.05) is 0 Å². The van der Waals surface area contributed by atoms with Gasteiger partial charge in [0.1, 0.15) is 0 Å². The number of carbonyl (C=O) groups excluding carboxylic acids is 1. The second-order valence-corrected chi connectivity index (χ2v) is 5.43. The van der Waals surface area contributed by atoms with Crippen molar-refractivity contribution >= 4 is 23.0 Å². The number of para-hydroxylation sites is 2. The number of non-ortho nitro benzene ring substituents is 1. The standard InChI is InChI=1S/C17H16F3N3O4/c18-17(19,20)27-15-5-2-1-4-14(15)22-16(24)6-3-11-21-12-7-9-13(10-8-12)23(25)26/h1-2,4-5,7-10,21H,3,6,11H2,(H,22,24). The number of benzene rings is 2. The molecule has 2 aromatic rings. The number of ether oxygens (including phenoxy) is 1. The zero-order chi connectivity index (χ0) is 19.9.